The molecule has 2 heterocycles. The van der Waals surface area contributed by atoms with Gasteiger partial charge in [0.25, 0.3) is 5.91 Å². The molecule has 1 aliphatic rings. The quantitative estimate of drug-likeness (QED) is 0.699. The molecule has 21 heavy (non-hydrogen) atoms. The van der Waals surface area contributed by atoms with E-state index < -0.39 is 0 Å². The van der Waals surface area contributed by atoms with Gasteiger partial charge in [-0.3, -0.25) is 9.59 Å². The summed E-state index contributed by atoms with van der Waals surface area (Å²) in [5.41, 5.74) is 2.21. The molecule has 0 spiro atoms. The van der Waals surface area contributed by atoms with Crippen LogP contribution in [0.1, 0.15) is 20.8 Å². The van der Waals surface area contributed by atoms with Crippen LogP contribution in [0.4, 0.5) is 5.69 Å². The monoisotopic (exact) mass is 299 g/mol. The van der Waals surface area contributed by atoms with Crippen LogP contribution in [0.25, 0.3) is 6.08 Å². The van der Waals surface area contributed by atoms with Crippen molar-refractivity contribution < 1.29 is 14.3 Å². The maximum absolute atomic E-state index is 12.2. The lowest BCUT2D eigenvalue weighted by molar-refractivity contribution is -0.118. The number of carbonyl (C=O) groups is 2. The standard InChI is InChI=1S/C16H13NO3S/c1-10-6-7-21-15(10)5-3-13(18)11-2-4-14-12(8-11)17-16(19)9-20-14/h2-8H,9H2,1H3,(H,17,19)/b5-3+. The molecule has 0 bridgehead atoms. The maximum Gasteiger partial charge on any atom is 0.262 e. The van der Waals surface area contributed by atoms with Crippen molar-refractivity contribution in [2.24, 2.45) is 0 Å². The molecular weight excluding hydrogens is 286 g/mol. The van der Waals surface area contributed by atoms with Gasteiger partial charge >= 0.3 is 0 Å². The summed E-state index contributed by atoms with van der Waals surface area (Å²) in [6, 6.07) is 7.05. The summed E-state index contributed by atoms with van der Waals surface area (Å²) in [4.78, 5) is 24.5. The van der Waals surface area contributed by atoms with Gasteiger partial charge in [-0.2, -0.15) is 0 Å². The van der Waals surface area contributed by atoms with Gasteiger partial charge in [0, 0.05) is 10.4 Å². The van der Waals surface area contributed by atoms with Crippen LogP contribution in [0.2, 0.25) is 0 Å². The Morgan fingerprint density at radius 2 is 2.24 bits per heavy atom. The molecule has 0 unspecified atom stereocenters. The van der Waals surface area contributed by atoms with Crippen LogP contribution < -0.4 is 10.1 Å². The minimum atomic E-state index is -0.211. The molecule has 1 aromatic heterocycles. The van der Waals surface area contributed by atoms with E-state index in [1.807, 2.05) is 24.4 Å². The van der Waals surface area contributed by atoms with Gasteiger partial charge in [0.1, 0.15) is 5.75 Å². The van der Waals surface area contributed by atoms with Crippen molar-refractivity contribution in [1.82, 2.24) is 0 Å². The van der Waals surface area contributed by atoms with Gasteiger partial charge < -0.3 is 10.1 Å². The Balaban J connectivity index is 1.82. The van der Waals surface area contributed by atoms with Crippen molar-refractivity contribution in [2.75, 3.05) is 11.9 Å². The number of ether oxygens (including phenoxy) is 1. The van der Waals surface area contributed by atoms with E-state index in [2.05, 4.69) is 5.32 Å². The SMILES string of the molecule is Cc1ccsc1/C=C/C(=O)c1ccc2c(c1)NC(=O)CO2. The van der Waals surface area contributed by atoms with Gasteiger partial charge in [-0.15, -0.1) is 11.3 Å². The summed E-state index contributed by atoms with van der Waals surface area (Å²) >= 11 is 1.59. The highest BCUT2D eigenvalue weighted by Gasteiger charge is 2.17. The molecular formula is C16H13NO3S. The molecule has 0 saturated heterocycles. The van der Waals surface area contributed by atoms with Gasteiger partial charge in [-0.1, -0.05) is 0 Å². The molecule has 0 aliphatic carbocycles. The van der Waals surface area contributed by atoms with E-state index in [1.54, 1.807) is 35.6 Å². The molecule has 0 atom stereocenters. The molecule has 1 N–H and O–H groups in total. The lowest BCUT2D eigenvalue weighted by Crippen LogP contribution is -2.25. The van der Waals surface area contributed by atoms with E-state index in [-0.39, 0.29) is 18.3 Å². The first-order valence-corrected chi connectivity index (χ1v) is 7.34. The number of carbonyl (C=O) groups excluding carboxylic acids is 2. The number of benzene rings is 1. The number of rotatable bonds is 3. The lowest BCUT2D eigenvalue weighted by atomic mass is 10.1. The summed E-state index contributed by atoms with van der Waals surface area (Å²) in [5, 5.41) is 4.69. The number of hydrogen-bond donors (Lipinski definition) is 1. The number of thiophene rings is 1. The van der Waals surface area contributed by atoms with Crippen molar-refractivity contribution in [2.45, 2.75) is 6.92 Å². The Kier molecular flexibility index (Phi) is 3.58. The van der Waals surface area contributed by atoms with Crippen molar-refractivity contribution in [1.29, 1.82) is 0 Å². The molecule has 106 valence electrons. The van der Waals surface area contributed by atoms with Gasteiger partial charge in [-0.05, 0) is 54.3 Å². The zero-order chi connectivity index (χ0) is 14.8. The number of hydrogen-bond acceptors (Lipinski definition) is 4. The number of allylic oxidation sites excluding steroid dienone is 1. The largest absolute Gasteiger partial charge is 0.482 e. The minimum absolute atomic E-state index is 0.0118. The summed E-state index contributed by atoms with van der Waals surface area (Å²) in [5.74, 6) is 0.270. The number of amides is 1. The van der Waals surface area contributed by atoms with Crippen LogP contribution >= 0.6 is 11.3 Å². The Hall–Kier alpha value is -2.40. The average Bonchev–Trinajstić information content (AvgIpc) is 2.89. The fraction of sp³-hybridized carbons (Fsp3) is 0.125. The second-order valence-electron chi connectivity index (χ2n) is 4.71. The first-order valence-electron chi connectivity index (χ1n) is 6.47. The highest BCUT2D eigenvalue weighted by Crippen LogP contribution is 2.28. The van der Waals surface area contributed by atoms with Gasteiger partial charge in [-0.25, -0.2) is 0 Å². The van der Waals surface area contributed by atoms with Crippen LogP contribution in [0, 0.1) is 6.92 Å². The van der Waals surface area contributed by atoms with Gasteiger partial charge in [0.15, 0.2) is 12.4 Å². The van der Waals surface area contributed by atoms with Crippen LogP contribution in [0.3, 0.4) is 0 Å². The molecule has 5 heteroatoms. The Morgan fingerprint density at radius 3 is 3.00 bits per heavy atom. The third kappa shape index (κ3) is 2.87. The zero-order valence-corrected chi connectivity index (χ0v) is 12.2. The molecule has 4 nitrogen and oxygen atoms in total. The smallest absolute Gasteiger partial charge is 0.262 e. The third-order valence-corrected chi connectivity index (χ3v) is 4.17. The highest BCUT2D eigenvalue weighted by atomic mass is 32.1. The number of fused-ring (bicyclic) bond motifs is 1. The summed E-state index contributed by atoms with van der Waals surface area (Å²) in [7, 11) is 0. The second kappa shape index (κ2) is 5.54. The predicted octanol–water partition coefficient (Wildman–Crippen LogP) is 3.28. The molecule has 1 aliphatic heterocycles. The zero-order valence-electron chi connectivity index (χ0n) is 11.4. The van der Waals surface area contributed by atoms with Crippen LogP contribution in [-0.4, -0.2) is 18.3 Å². The van der Waals surface area contributed by atoms with Crippen molar-refractivity contribution in [3.05, 3.63) is 51.7 Å². The second-order valence-corrected chi connectivity index (χ2v) is 5.66. The van der Waals surface area contributed by atoms with Crippen molar-refractivity contribution in [3.63, 3.8) is 0 Å². The van der Waals surface area contributed by atoms with E-state index in [0.29, 0.717) is 17.0 Å². The average molecular weight is 299 g/mol. The number of ketones is 1. The molecule has 2 aromatic rings. The van der Waals surface area contributed by atoms with Crippen molar-refractivity contribution in [3.8, 4) is 5.75 Å². The topological polar surface area (TPSA) is 55.4 Å². The number of aryl methyl sites for hydroxylation is 1. The van der Waals surface area contributed by atoms with Crippen LogP contribution in [-0.2, 0) is 4.79 Å². The van der Waals surface area contributed by atoms with Gasteiger partial charge in [0.2, 0.25) is 0 Å². The normalized spacial score (nSPS) is 13.7. The first kappa shape index (κ1) is 13.6. The predicted molar refractivity (Wildman–Crippen MR) is 83.0 cm³/mol. The van der Waals surface area contributed by atoms with Crippen molar-refractivity contribution >= 4 is 34.8 Å². The van der Waals surface area contributed by atoms with Gasteiger partial charge in [0.05, 0.1) is 5.69 Å². The molecule has 3 rings (SSSR count). The third-order valence-electron chi connectivity index (χ3n) is 3.18. The van der Waals surface area contributed by atoms with E-state index in [0.717, 1.165) is 10.4 Å². The lowest BCUT2D eigenvalue weighted by Gasteiger charge is -2.17. The summed E-state index contributed by atoms with van der Waals surface area (Å²) in [6.45, 7) is 2.02. The van der Waals surface area contributed by atoms with E-state index in [4.69, 9.17) is 4.74 Å². The van der Waals surface area contributed by atoms with Crippen LogP contribution in [0.5, 0.6) is 5.75 Å². The number of nitrogens with one attached hydrogen (secondary N) is 1. The van der Waals surface area contributed by atoms with E-state index in [9.17, 15) is 9.59 Å². The summed E-state index contributed by atoms with van der Waals surface area (Å²) in [6.07, 6.45) is 3.36. The summed E-state index contributed by atoms with van der Waals surface area (Å²) < 4.78 is 5.27. The molecule has 1 amide bonds. The van der Waals surface area contributed by atoms with Crippen LogP contribution in [0.15, 0.2) is 35.7 Å². The Morgan fingerprint density at radius 1 is 1.38 bits per heavy atom. The maximum atomic E-state index is 12.2. The Bertz CT molecular complexity index is 746. The first-order chi connectivity index (χ1) is 10.1. The molecule has 0 fully saturated rings. The van der Waals surface area contributed by atoms with E-state index in [1.165, 1.54) is 0 Å². The molecule has 0 radical (unpaired) electrons. The molecule has 0 saturated carbocycles. The number of anilines is 1. The fourth-order valence-electron chi connectivity index (χ4n) is 2.04. The minimum Gasteiger partial charge on any atom is -0.482 e. The Labute approximate surface area is 126 Å². The fourth-order valence-corrected chi connectivity index (χ4v) is 2.86. The highest BCUT2D eigenvalue weighted by molar-refractivity contribution is 7.11. The molecule has 1 aromatic carbocycles. The van der Waals surface area contributed by atoms with E-state index >= 15 is 0 Å².